The van der Waals surface area contributed by atoms with E-state index in [9.17, 15) is 8.78 Å². The number of halogens is 3. The lowest BCUT2D eigenvalue weighted by Gasteiger charge is -2.21. The predicted molar refractivity (Wildman–Crippen MR) is 129 cm³/mol. The van der Waals surface area contributed by atoms with Gasteiger partial charge in [-0.3, -0.25) is 0 Å². The number of aryl methyl sites for hydroxylation is 1. The van der Waals surface area contributed by atoms with Gasteiger partial charge in [-0.2, -0.15) is 8.78 Å². The molecule has 1 aromatic heterocycles. The van der Waals surface area contributed by atoms with Crippen LogP contribution in [0.25, 0.3) is 10.9 Å². The van der Waals surface area contributed by atoms with Crippen molar-refractivity contribution in [2.24, 2.45) is 5.41 Å². The molecule has 0 aliphatic heterocycles. The van der Waals surface area contributed by atoms with E-state index < -0.39 is 49.0 Å². The number of nitrogens with zero attached hydrogens (tertiary/aromatic N) is 2. The molecular weight excluding hydrogens is 475 g/mol. The second-order valence-corrected chi connectivity index (χ2v) is 8.89. The van der Waals surface area contributed by atoms with E-state index in [0.717, 1.165) is 6.07 Å². The van der Waals surface area contributed by atoms with Gasteiger partial charge in [0.15, 0.2) is 11.5 Å². The lowest BCUT2D eigenvalue weighted by Crippen LogP contribution is -2.22. The molecule has 1 aliphatic rings. The minimum Gasteiger partial charge on any atom is -0.493 e. The van der Waals surface area contributed by atoms with Gasteiger partial charge in [0.2, 0.25) is 0 Å². The molecule has 0 radical (unpaired) electrons. The zero-order chi connectivity index (χ0) is 30.4. The first kappa shape index (κ1) is 20.0. The summed E-state index contributed by atoms with van der Waals surface area (Å²) in [6.07, 6.45) is 0.979. The maximum Gasteiger partial charge on any atom is 0.298 e. The minimum atomic E-state index is -3.79. The summed E-state index contributed by atoms with van der Waals surface area (Å²) < 4.78 is 99.3. The highest BCUT2D eigenvalue weighted by molar-refractivity contribution is 5.92. The summed E-state index contributed by atoms with van der Waals surface area (Å²) in [5.41, 5.74) is -1.81. The Balaban J connectivity index is 1.79. The van der Waals surface area contributed by atoms with Crippen molar-refractivity contribution in [2.75, 3.05) is 39.2 Å². The molecule has 36 heavy (non-hydrogen) atoms. The van der Waals surface area contributed by atoms with Crippen LogP contribution in [-0.2, 0) is 10.7 Å². The fourth-order valence-corrected chi connectivity index (χ4v) is 3.92. The number of alkyl halides is 2. The molecule has 3 aromatic rings. The van der Waals surface area contributed by atoms with Crippen molar-refractivity contribution in [1.82, 2.24) is 9.97 Å². The van der Waals surface area contributed by atoms with Crippen LogP contribution >= 0.6 is 0 Å². The average molecular weight is 511 g/mol. The number of aliphatic hydroxyl groups excluding tert-OH is 1. The number of ether oxygens (including phenoxy) is 3. The summed E-state index contributed by atoms with van der Waals surface area (Å²) >= 11 is 0. The molecule has 4 rings (SSSR count). The molecule has 1 aliphatic carbocycles. The molecule has 0 unspecified atom stereocenters. The highest BCUT2D eigenvalue weighted by atomic mass is 19.3. The SMILES string of the molecule is [2H]C([2H])([2H])Oc1cc2nc(C)nc(N[C@H](C)c3cccc(C(F)(F)CO)c3F)c2cc1OC([2H])([2H])C1(COC)CC1. The molecule has 2 aromatic carbocycles. The Hall–Kier alpha value is -3.11. The van der Waals surface area contributed by atoms with E-state index >= 15 is 4.39 Å². The fourth-order valence-electron chi connectivity index (χ4n) is 3.92. The number of hydrogen-bond acceptors (Lipinski definition) is 7. The number of nitrogens with one attached hydrogen (secondary N) is 1. The summed E-state index contributed by atoms with van der Waals surface area (Å²) in [5.74, 6) is -5.13. The van der Waals surface area contributed by atoms with Crippen LogP contribution in [0.5, 0.6) is 11.5 Å². The zero-order valence-electron chi connectivity index (χ0n) is 25.0. The third-order valence-corrected chi connectivity index (χ3v) is 6.08. The van der Waals surface area contributed by atoms with Crippen LogP contribution in [0.1, 0.15) is 49.6 Å². The Kier molecular flexibility index (Phi) is 5.61. The third-order valence-electron chi connectivity index (χ3n) is 6.08. The Morgan fingerprint density at radius 1 is 1.28 bits per heavy atom. The topological polar surface area (TPSA) is 85.7 Å². The molecule has 7 nitrogen and oxygen atoms in total. The van der Waals surface area contributed by atoms with Gasteiger partial charge in [-0.25, -0.2) is 14.4 Å². The molecule has 0 spiro atoms. The summed E-state index contributed by atoms with van der Waals surface area (Å²) in [6.45, 7) is -0.667. The van der Waals surface area contributed by atoms with Gasteiger partial charge in [0.1, 0.15) is 24.1 Å². The fraction of sp³-hybridized carbons (Fsp3) is 0.462. The first-order valence-electron chi connectivity index (χ1n) is 13.8. The highest BCUT2D eigenvalue weighted by Crippen LogP contribution is 2.47. The van der Waals surface area contributed by atoms with Gasteiger partial charge in [-0.15, -0.1) is 0 Å². The molecule has 10 heteroatoms. The first-order valence-corrected chi connectivity index (χ1v) is 11.3. The van der Waals surface area contributed by atoms with Crippen molar-refractivity contribution in [2.45, 2.75) is 38.7 Å². The predicted octanol–water partition coefficient (Wildman–Crippen LogP) is 5.15. The van der Waals surface area contributed by atoms with Crippen molar-refractivity contribution in [3.63, 3.8) is 0 Å². The van der Waals surface area contributed by atoms with Gasteiger partial charge in [0, 0.05) is 29.5 Å². The van der Waals surface area contributed by atoms with E-state index in [1.807, 2.05) is 0 Å². The van der Waals surface area contributed by atoms with Gasteiger partial charge in [0.25, 0.3) is 5.92 Å². The molecule has 2 N–H and O–H groups in total. The van der Waals surface area contributed by atoms with E-state index in [1.165, 1.54) is 38.3 Å². The molecular formula is C26H30F3N3O4. The van der Waals surface area contributed by atoms with Crippen molar-refractivity contribution in [3.8, 4) is 11.5 Å². The van der Waals surface area contributed by atoms with Crippen LogP contribution in [0.3, 0.4) is 0 Å². The number of methoxy groups -OCH3 is 2. The quantitative estimate of drug-likeness (QED) is 0.369. The number of hydrogen-bond donors (Lipinski definition) is 2. The lowest BCUT2D eigenvalue weighted by molar-refractivity contribution is -0.0583. The van der Waals surface area contributed by atoms with E-state index in [1.54, 1.807) is 6.92 Å². The van der Waals surface area contributed by atoms with Crippen LogP contribution in [0.2, 0.25) is 0 Å². The van der Waals surface area contributed by atoms with Crippen molar-refractivity contribution in [3.05, 3.63) is 53.1 Å². The molecule has 1 heterocycles. The van der Waals surface area contributed by atoms with E-state index in [0.29, 0.717) is 12.8 Å². The Morgan fingerprint density at radius 2 is 2.06 bits per heavy atom. The number of aromatic nitrogens is 2. The summed E-state index contributed by atoms with van der Waals surface area (Å²) in [5, 5.41) is 12.3. The molecule has 1 saturated carbocycles. The lowest BCUT2D eigenvalue weighted by atomic mass is 10.00. The number of anilines is 1. The molecule has 1 fully saturated rings. The molecule has 1 atom stereocenters. The maximum atomic E-state index is 15.1. The minimum absolute atomic E-state index is 0.0790. The van der Waals surface area contributed by atoms with Crippen LogP contribution in [0.15, 0.2) is 30.3 Å². The largest absolute Gasteiger partial charge is 0.493 e. The van der Waals surface area contributed by atoms with Crippen LogP contribution in [0, 0.1) is 18.2 Å². The third kappa shape index (κ3) is 5.19. The van der Waals surface area contributed by atoms with Gasteiger partial charge in [0.05, 0.1) is 44.2 Å². The second-order valence-electron chi connectivity index (χ2n) is 8.89. The Bertz CT molecular complexity index is 1440. The van der Waals surface area contributed by atoms with Gasteiger partial charge in [-0.05, 0) is 38.8 Å². The van der Waals surface area contributed by atoms with Gasteiger partial charge >= 0.3 is 0 Å². The van der Waals surface area contributed by atoms with Gasteiger partial charge in [-0.1, -0.05) is 12.1 Å². The van der Waals surface area contributed by atoms with Crippen molar-refractivity contribution >= 4 is 16.7 Å². The van der Waals surface area contributed by atoms with Crippen molar-refractivity contribution in [1.29, 1.82) is 0 Å². The van der Waals surface area contributed by atoms with E-state index in [2.05, 4.69) is 15.3 Å². The van der Waals surface area contributed by atoms with Crippen LogP contribution in [-0.4, -0.2) is 49.0 Å². The van der Waals surface area contributed by atoms with Crippen LogP contribution in [0.4, 0.5) is 19.0 Å². The second kappa shape index (κ2) is 10.1. The van der Waals surface area contributed by atoms with Gasteiger partial charge < -0.3 is 24.6 Å². The van der Waals surface area contributed by atoms with Crippen LogP contribution < -0.4 is 14.8 Å². The number of aliphatic hydroxyl groups is 1. The molecule has 0 saturated heterocycles. The molecule has 0 amide bonds. The number of fused-ring (bicyclic) bond motifs is 1. The van der Waals surface area contributed by atoms with E-state index in [-0.39, 0.29) is 46.2 Å². The summed E-state index contributed by atoms with van der Waals surface area (Å²) in [6, 6.07) is 5.14. The number of rotatable bonds is 11. The smallest absolute Gasteiger partial charge is 0.298 e. The Labute approximate surface area is 214 Å². The van der Waals surface area contributed by atoms with Crippen molar-refractivity contribution < 1.29 is 39.3 Å². The molecule has 0 bridgehead atoms. The normalized spacial score (nSPS) is 18.4. The molecule has 194 valence electrons. The summed E-state index contributed by atoms with van der Waals surface area (Å²) in [7, 11) is -1.45. The standard InChI is InChI=1S/C26H30F3N3O4/c1-15(17-6-5-7-19(23(17)27)26(28,29)12-33)30-24-18-10-22(36-14-25(8-9-25)13-34-3)21(35-4)11-20(18)31-16(2)32-24/h5-7,10-11,15,33H,8-9,12-14H2,1-4H3,(H,30,31,32)/t15-/m1/s1/i4D3,14D2. The average Bonchev–Trinajstić information content (AvgIpc) is 3.65. The first-order chi connectivity index (χ1) is 19.0. The maximum absolute atomic E-state index is 15.1. The number of benzene rings is 2. The highest BCUT2D eigenvalue weighted by Gasteiger charge is 2.44. The Morgan fingerprint density at radius 3 is 2.72 bits per heavy atom. The summed E-state index contributed by atoms with van der Waals surface area (Å²) in [4.78, 5) is 8.69. The zero-order valence-corrected chi connectivity index (χ0v) is 20.0. The van der Waals surface area contributed by atoms with E-state index in [4.69, 9.17) is 26.2 Å². The monoisotopic (exact) mass is 510 g/mol.